The summed E-state index contributed by atoms with van der Waals surface area (Å²) in [6, 6.07) is -1.06. The number of aldehydes is 1. The topological polar surface area (TPSA) is 109 Å². The van der Waals surface area contributed by atoms with Gasteiger partial charge < -0.3 is 15.1 Å². The highest BCUT2D eigenvalue weighted by Gasteiger charge is 2.28. The molecule has 0 bridgehead atoms. The van der Waals surface area contributed by atoms with Crippen LogP contribution in [-0.4, -0.2) is 47.6 Å². The number of hydrogen-bond acceptors (Lipinski definition) is 5. The minimum atomic E-state index is -3.44. The highest BCUT2D eigenvalue weighted by molar-refractivity contribution is 7.92. The van der Waals surface area contributed by atoms with Crippen LogP contribution >= 0.6 is 0 Å². The summed E-state index contributed by atoms with van der Waals surface area (Å²) < 4.78 is 24.8. The van der Waals surface area contributed by atoms with Crippen LogP contribution in [0.5, 0.6) is 0 Å². The Morgan fingerprint density at radius 2 is 2.00 bits per heavy atom. The number of sulfone groups is 1. The first-order chi connectivity index (χ1) is 10.4. The van der Waals surface area contributed by atoms with Crippen LogP contribution in [0.1, 0.15) is 50.0 Å². The molecule has 0 aliphatic carbocycles. The van der Waals surface area contributed by atoms with Gasteiger partial charge in [-0.2, -0.15) is 0 Å². The Kier molecular flexibility index (Phi) is 7.23. The number of hydrogen-bond donors (Lipinski definition) is 2. The monoisotopic (exact) mass is 329 g/mol. The van der Waals surface area contributed by atoms with E-state index < -0.39 is 27.0 Å². The zero-order valence-electron chi connectivity index (χ0n) is 12.9. The molecule has 2 N–H and O–H groups in total. The number of aromatic nitrogens is 2. The van der Waals surface area contributed by atoms with Gasteiger partial charge in [0.05, 0.1) is 29.6 Å². The summed E-state index contributed by atoms with van der Waals surface area (Å²) in [5.74, 6) is -0.923. The molecule has 1 aromatic rings. The number of nitrogens with one attached hydrogen (secondary N) is 2. The third-order valence-corrected chi connectivity index (χ3v) is 5.68. The summed E-state index contributed by atoms with van der Waals surface area (Å²) in [7, 11) is -3.44. The molecule has 124 valence electrons. The predicted molar refractivity (Wildman–Crippen MR) is 83.3 cm³/mol. The molecule has 0 spiro atoms. The Morgan fingerprint density at radius 1 is 1.36 bits per heavy atom. The van der Waals surface area contributed by atoms with E-state index in [0.717, 1.165) is 12.8 Å². The van der Waals surface area contributed by atoms with Crippen LogP contribution in [0.15, 0.2) is 12.5 Å². The van der Waals surface area contributed by atoms with Crippen LogP contribution in [0.3, 0.4) is 0 Å². The van der Waals surface area contributed by atoms with Crippen LogP contribution in [0, 0.1) is 0 Å². The fourth-order valence-electron chi connectivity index (χ4n) is 2.27. The molecule has 1 amide bonds. The van der Waals surface area contributed by atoms with E-state index >= 15 is 0 Å². The second-order valence-corrected chi connectivity index (χ2v) is 7.54. The van der Waals surface area contributed by atoms with E-state index in [2.05, 4.69) is 15.3 Å². The lowest BCUT2D eigenvalue weighted by atomic mass is 10.2. The average molecular weight is 329 g/mol. The van der Waals surface area contributed by atoms with Gasteiger partial charge in [-0.25, -0.2) is 13.4 Å². The molecule has 7 nitrogen and oxygen atoms in total. The normalized spacial score (nSPS) is 13.0. The minimum Gasteiger partial charge on any atom is -0.341 e. The van der Waals surface area contributed by atoms with E-state index in [4.69, 9.17) is 0 Å². The van der Waals surface area contributed by atoms with Gasteiger partial charge in [-0.15, -0.1) is 0 Å². The van der Waals surface area contributed by atoms with Gasteiger partial charge in [-0.05, 0) is 12.8 Å². The molecule has 0 aliphatic rings. The predicted octanol–water partition coefficient (Wildman–Crippen LogP) is 1.09. The summed E-state index contributed by atoms with van der Waals surface area (Å²) in [5, 5.41) is 1.94. The SMILES string of the molecule is CCCC(CCC)S(=O)(=O)CC(C=O)NC(=O)c1cnc[nH]1. The molecule has 1 heterocycles. The quantitative estimate of drug-likeness (QED) is 0.625. The molecule has 22 heavy (non-hydrogen) atoms. The maximum atomic E-state index is 12.4. The molecule has 0 aromatic carbocycles. The maximum absolute atomic E-state index is 12.4. The number of rotatable bonds is 10. The zero-order valence-corrected chi connectivity index (χ0v) is 13.7. The lowest BCUT2D eigenvalue weighted by Crippen LogP contribution is -2.43. The van der Waals surface area contributed by atoms with Gasteiger partial charge in [-0.3, -0.25) is 4.79 Å². The van der Waals surface area contributed by atoms with Crippen molar-refractivity contribution in [1.29, 1.82) is 0 Å². The van der Waals surface area contributed by atoms with Crippen molar-refractivity contribution in [1.82, 2.24) is 15.3 Å². The lowest BCUT2D eigenvalue weighted by Gasteiger charge is -2.19. The highest BCUT2D eigenvalue weighted by Crippen LogP contribution is 2.16. The second kappa shape index (κ2) is 8.67. The highest BCUT2D eigenvalue weighted by atomic mass is 32.2. The second-order valence-electron chi connectivity index (χ2n) is 5.21. The van der Waals surface area contributed by atoms with Crippen LogP contribution in [0.4, 0.5) is 0 Å². The van der Waals surface area contributed by atoms with E-state index in [1.807, 2.05) is 13.8 Å². The van der Waals surface area contributed by atoms with Crippen molar-refractivity contribution in [2.24, 2.45) is 0 Å². The van der Waals surface area contributed by atoms with Crippen molar-refractivity contribution in [2.45, 2.75) is 50.8 Å². The van der Waals surface area contributed by atoms with Crippen LogP contribution in [0.2, 0.25) is 0 Å². The number of carbonyl (C=O) groups is 2. The first kappa shape index (κ1) is 18.3. The number of carbonyl (C=O) groups excluding carboxylic acids is 2. The molecular weight excluding hydrogens is 306 g/mol. The number of imidazole rings is 1. The molecule has 0 saturated carbocycles. The molecule has 0 saturated heterocycles. The third kappa shape index (κ3) is 5.25. The standard InChI is InChI=1S/C14H23N3O4S/c1-3-5-12(6-4-2)22(20,21)9-11(8-18)17-14(19)13-7-15-10-16-13/h7-8,10-12H,3-6,9H2,1-2H3,(H,15,16)(H,17,19). The van der Waals surface area contributed by atoms with Crippen molar-refractivity contribution >= 4 is 22.0 Å². The average Bonchev–Trinajstić information content (AvgIpc) is 3.00. The summed E-state index contributed by atoms with van der Waals surface area (Å²) in [6.07, 6.45) is 5.75. The van der Waals surface area contributed by atoms with Gasteiger partial charge in [-0.1, -0.05) is 26.7 Å². The Labute approximate surface area is 130 Å². The van der Waals surface area contributed by atoms with Gasteiger partial charge in [0.1, 0.15) is 12.0 Å². The summed E-state index contributed by atoms with van der Waals surface area (Å²) >= 11 is 0. The molecule has 0 aliphatic heterocycles. The fourth-order valence-corrected chi connectivity index (χ4v) is 4.40. The van der Waals surface area contributed by atoms with E-state index in [1.165, 1.54) is 12.5 Å². The number of H-pyrrole nitrogens is 1. The Balaban J connectivity index is 2.74. The van der Waals surface area contributed by atoms with Crippen LogP contribution < -0.4 is 5.32 Å². The Bertz CT molecular complexity index is 563. The molecular formula is C14H23N3O4S. The van der Waals surface area contributed by atoms with Gasteiger partial charge in [0.2, 0.25) is 0 Å². The molecule has 8 heteroatoms. The molecule has 1 rings (SSSR count). The molecule has 1 unspecified atom stereocenters. The zero-order chi connectivity index (χ0) is 16.6. The van der Waals surface area contributed by atoms with E-state index in [1.54, 1.807) is 0 Å². The van der Waals surface area contributed by atoms with Crippen molar-refractivity contribution in [2.75, 3.05) is 5.75 Å². The van der Waals surface area contributed by atoms with E-state index in [-0.39, 0.29) is 11.4 Å². The molecule has 0 radical (unpaired) electrons. The molecule has 1 aromatic heterocycles. The fraction of sp³-hybridized carbons (Fsp3) is 0.643. The lowest BCUT2D eigenvalue weighted by molar-refractivity contribution is -0.109. The van der Waals surface area contributed by atoms with E-state index in [9.17, 15) is 18.0 Å². The van der Waals surface area contributed by atoms with Gasteiger partial charge in [0.15, 0.2) is 9.84 Å². The summed E-state index contributed by atoms with van der Waals surface area (Å²) in [4.78, 5) is 29.3. The van der Waals surface area contributed by atoms with Crippen LogP contribution in [0.25, 0.3) is 0 Å². The Morgan fingerprint density at radius 3 is 2.45 bits per heavy atom. The third-order valence-electron chi connectivity index (χ3n) is 3.36. The Hall–Kier alpha value is -1.70. The van der Waals surface area contributed by atoms with Gasteiger partial charge >= 0.3 is 0 Å². The number of nitrogens with zero attached hydrogens (tertiary/aromatic N) is 1. The smallest absolute Gasteiger partial charge is 0.269 e. The van der Waals surface area contributed by atoms with Crippen molar-refractivity contribution in [3.8, 4) is 0 Å². The minimum absolute atomic E-state index is 0.183. The van der Waals surface area contributed by atoms with Crippen molar-refractivity contribution < 1.29 is 18.0 Å². The van der Waals surface area contributed by atoms with E-state index in [0.29, 0.717) is 19.1 Å². The first-order valence-corrected chi connectivity index (χ1v) is 9.12. The van der Waals surface area contributed by atoms with Gasteiger partial charge in [0.25, 0.3) is 5.91 Å². The van der Waals surface area contributed by atoms with Crippen LogP contribution in [-0.2, 0) is 14.6 Å². The number of aromatic amines is 1. The molecule has 1 atom stereocenters. The first-order valence-electron chi connectivity index (χ1n) is 7.40. The largest absolute Gasteiger partial charge is 0.341 e. The summed E-state index contributed by atoms with van der Waals surface area (Å²) in [5.41, 5.74) is 0.183. The van der Waals surface area contributed by atoms with Crippen molar-refractivity contribution in [3.63, 3.8) is 0 Å². The number of amides is 1. The van der Waals surface area contributed by atoms with Gasteiger partial charge in [0, 0.05) is 0 Å². The molecule has 0 fully saturated rings. The maximum Gasteiger partial charge on any atom is 0.269 e. The van der Waals surface area contributed by atoms with Crippen molar-refractivity contribution in [3.05, 3.63) is 18.2 Å². The summed E-state index contributed by atoms with van der Waals surface area (Å²) in [6.45, 7) is 3.85.